The number of nitrogen functional groups attached to an aromatic ring is 1. The number of pyridine rings is 1. The van der Waals surface area contributed by atoms with Crippen molar-refractivity contribution in [1.29, 1.82) is 0 Å². The Morgan fingerprint density at radius 2 is 2.00 bits per heavy atom. The molecule has 0 unspecified atom stereocenters. The maximum atomic E-state index is 5.81. The number of ether oxygens (including phenoxy) is 1. The zero-order chi connectivity index (χ0) is 12.5. The van der Waals surface area contributed by atoms with Crippen LogP contribution in [0.5, 0.6) is 11.6 Å². The number of nitrogens with zero attached hydrogens (tertiary/aromatic N) is 1. The Bertz CT molecular complexity index is 598. The Balaban J connectivity index is 1.88. The summed E-state index contributed by atoms with van der Waals surface area (Å²) in [6.45, 7) is 0. The summed E-state index contributed by atoms with van der Waals surface area (Å²) in [5.41, 5.74) is 9.03. The highest BCUT2D eigenvalue weighted by molar-refractivity contribution is 6.30. The number of aryl methyl sites for hydroxylation is 2. The lowest BCUT2D eigenvalue weighted by Crippen LogP contribution is -1.95. The molecule has 0 fully saturated rings. The Morgan fingerprint density at radius 1 is 1.17 bits per heavy atom. The number of hydrogen-bond donors (Lipinski definition) is 1. The maximum absolute atomic E-state index is 5.81. The molecule has 0 atom stereocenters. The van der Waals surface area contributed by atoms with E-state index in [1.807, 2.05) is 6.07 Å². The molecule has 1 aromatic heterocycles. The van der Waals surface area contributed by atoms with Crippen LogP contribution in [0.15, 0.2) is 30.5 Å². The first-order valence-electron chi connectivity index (χ1n) is 5.93. The van der Waals surface area contributed by atoms with E-state index in [1.54, 1.807) is 6.07 Å². The highest BCUT2D eigenvalue weighted by Crippen LogP contribution is 2.30. The second-order valence-electron chi connectivity index (χ2n) is 4.43. The average molecular weight is 261 g/mol. The van der Waals surface area contributed by atoms with Gasteiger partial charge in [0.1, 0.15) is 5.75 Å². The Kier molecular flexibility index (Phi) is 2.84. The highest BCUT2D eigenvalue weighted by Gasteiger charge is 2.12. The van der Waals surface area contributed by atoms with Gasteiger partial charge in [-0.1, -0.05) is 17.7 Å². The van der Waals surface area contributed by atoms with E-state index < -0.39 is 0 Å². The van der Waals surface area contributed by atoms with Gasteiger partial charge in [0.05, 0.1) is 10.7 Å². The summed E-state index contributed by atoms with van der Waals surface area (Å²) >= 11 is 5.80. The topological polar surface area (TPSA) is 48.1 Å². The SMILES string of the molecule is Nc1cc(Cl)cnc1Oc1ccc2c(c1)CCC2. The molecule has 0 aliphatic heterocycles. The second kappa shape index (κ2) is 4.50. The molecule has 0 amide bonds. The van der Waals surface area contributed by atoms with Gasteiger partial charge in [-0.25, -0.2) is 4.98 Å². The molecule has 3 nitrogen and oxygen atoms in total. The minimum absolute atomic E-state index is 0.400. The van der Waals surface area contributed by atoms with Crippen LogP contribution in [-0.2, 0) is 12.8 Å². The number of aromatic nitrogens is 1. The van der Waals surface area contributed by atoms with Crippen molar-refractivity contribution in [3.05, 3.63) is 46.6 Å². The van der Waals surface area contributed by atoms with Crippen molar-refractivity contribution >= 4 is 17.3 Å². The largest absolute Gasteiger partial charge is 0.437 e. The van der Waals surface area contributed by atoms with Crippen LogP contribution in [0.3, 0.4) is 0 Å². The van der Waals surface area contributed by atoms with Crippen LogP contribution in [0, 0.1) is 0 Å². The summed E-state index contributed by atoms with van der Waals surface area (Å²) in [5, 5.41) is 0.508. The third-order valence-electron chi connectivity index (χ3n) is 3.13. The van der Waals surface area contributed by atoms with Crippen molar-refractivity contribution < 1.29 is 4.74 Å². The van der Waals surface area contributed by atoms with Gasteiger partial charge >= 0.3 is 0 Å². The molecule has 18 heavy (non-hydrogen) atoms. The minimum atomic E-state index is 0.400. The third kappa shape index (κ3) is 2.14. The number of hydrogen-bond acceptors (Lipinski definition) is 3. The quantitative estimate of drug-likeness (QED) is 0.898. The molecule has 1 aromatic carbocycles. The standard InChI is InChI=1S/C14H13ClN2O/c15-11-7-13(16)14(17-8-11)18-12-5-4-9-2-1-3-10(9)6-12/h4-8H,1-3,16H2. The molecule has 0 radical (unpaired) electrons. The Hall–Kier alpha value is -1.74. The van der Waals surface area contributed by atoms with E-state index >= 15 is 0 Å². The number of rotatable bonds is 2. The van der Waals surface area contributed by atoms with Crippen LogP contribution < -0.4 is 10.5 Å². The van der Waals surface area contributed by atoms with Crippen molar-refractivity contribution in [2.75, 3.05) is 5.73 Å². The lowest BCUT2D eigenvalue weighted by Gasteiger charge is -2.08. The van der Waals surface area contributed by atoms with Gasteiger partial charge in [0.15, 0.2) is 0 Å². The predicted molar refractivity (Wildman–Crippen MR) is 72.2 cm³/mol. The minimum Gasteiger partial charge on any atom is -0.437 e. The molecule has 0 bridgehead atoms. The molecular formula is C14H13ClN2O. The van der Waals surface area contributed by atoms with E-state index in [-0.39, 0.29) is 0 Å². The molecule has 92 valence electrons. The number of halogens is 1. The lowest BCUT2D eigenvalue weighted by atomic mass is 10.1. The predicted octanol–water partition coefficient (Wildman–Crippen LogP) is 3.60. The molecule has 0 saturated carbocycles. The number of benzene rings is 1. The summed E-state index contributed by atoms with van der Waals surface area (Å²) in [4.78, 5) is 4.09. The fourth-order valence-corrected chi connectivity index (χ4v) is 2.42. The molecular weight excluding hydrogens is 248 g/mol. The van der Waals surface area contributed by atoms with Crippen molar-refractivity contribution in [2.24, 2.45) is 0 Å². The Labute approximate surface area is 111 Å². The summed E-state index contributed by atoms with van der Waals surface area (Å²) in [7, 11) is 0. The smallest absolute Gasteiger partial charge is 0.242 e. The molecule has 1 heterocycles. The van der Waals surface area contributed by atoms with E-state index in [1.165, 1.54) is 23.7 Å². The fourth-order valence-electron chi connectivity index (χ4n) is 2.25. The van der Waals surface area contributed by atoms with Gasteiger partial charge in [-0.2, -0.15) is 0 Å². The Morgan fingerprint density at radius 3 is 2.83 bits per heavy atom. The lowest BCUT2D eigenvalue weighted by molar-refractivity contribution is 0.465. The van der Waals surface area contributed by atoms with E-state index in [0.29, 0.717) is 16.6 Å². The first kappa shape index (κ1) is 11.4. The van der Waals surface area contributed by atoms with Crippen molar-refractivity contribution in [3.63, 3.8) is 0 Å². The molecule has 2 aromatic rings. The van der Waals surface area contributed by atoms with Gasteiger partial charge in [-0.15, -0.1) is 0 Å². The summed E-state index contributed by atoms with van der Waals surface area (Å²) in [6.07, 6.45) is 5.04. The van der Waals surface area contributed by atoms with Crippen LogP contribution in [0.4, 0.5) is 5.69 Å². The van der Waals surface area contributed by atoms with Crippen LogP contribution in [0.2, 0.25) is 5.02 Å². The van der Waals surface area contributed by atoms with E-state index in [9.17, 15) is 0 Å². The van der Waals surface area contributed by atoms with Crippen LogP contribution in [-0.4, -0.2) is 4.98 Å². The molecule has 3 rings (SSSR count). The molecule has 2 N–H and O–H groups in total. The zero-order valence-corrected chi connectivity index (χ0v) is 10.6. The molecule has 1 aliphatic rings. The summed E-state index contributed by atoms with van der Waals surface area (Å²) < 4.78 is 5.69. The number of anilines is 1. The van der Waals surface area contributed by atoms with Gasteiger partial charge in [0.2, 0.25) is 5.88 Å². The summed E-state index contributed by atoms with van der Waals surface area (Å²) in [6, 6.07) is 7.78. The van der Waals surface area contributed by atoms with Crippen molar-refractivity contribution in [3.8, 4) is 11.6 Å². The normalized spacial score (nSPS) is 13.4. The van der Waals surface area contributed by atoms with Gasteiger partial charge in [-0.3, -0.25) is 0 Å². The molecule has 1 aliphatic carbocycles. The average Bonchev–Trinajstić information content (AvgIpc) is 2.80. The van der Waals surface area contributed by atoms with Crippen LogP contribution in [0.25, 0.3) is 0 Å². The number of fused-ring (bicyclic) bond motifs is 1. The van der Waals surface area contributed by atoms with E-state index in [4.69, 9.17) is 22.1 Å². The van der Waals surface area contributed by atoms with E-state index in [2.05, 4.69) is 17.1 Å². The zero-order valence-electron chi connectivity index (χ0n) is 9.82. The molecule has 4 heteroatoms. The van der Waals surface area contributed by atoms with E-state index in [0.717, 1.165) is 18.6 Å². The van der Waals surface area contributed by atoms with Gasteiger partial charge in [0.25, 0.3) is 0 Å². The van der Waals surface area contributed by atoms with Gasteiger partial charge < -0.3 is 10.5 Å². The molecule has 0 saturated heterocycles. The van der Waals surface area contributed by atoms with Gasteiger partial charge in [0, 0.05) is 6.20 Å². The first-order valence-corrected chi connectivity index (χ1v) is 6.31. The van der Waals surface area contributed by atoms with Crippen LogP contribution in [0.1, 0.15) is 17.5 Å². The first-order chi connectivity index (χ1) is 8.72. The maximum Gasteiger partial charge on any atom is 0.242 e. The number of nitrogens with two attached hydrogens (primary N) is 1. The molecule has 0 spiro atoms. The van der Waals surface area contributed by atoms with Crippen LogP contribution >= 0.6 is 11.6 Å². The highest BCUT2D eigenvalue weighted by atomic mass is 35.5. The monoisotopic (exact) mass is 260 g/mol. The summed E-state index contributed by atoms with van der Waals surface area (Å²) in [5.74, 6) is 1.18. The second-order valence-corrected chi connectivity index (χ2v) is 4.87. The van der Waals surface area contributed by atoms with Crippen molar-refractivity contribution in [2.45, 2.75) is 19.3 Å². The third-order valence-corrected chi connectivity index (χ3v) is 3.34. The van der Waals surface area contributed by atoms with Crippen molar-refractivity contribution in [1.82, 2.24) is 4.98 Å². The van der Waals surface area contributed by atoms with Gasteiger partial charge in [-0.05, 0) is 48.6 Å². The fraction of sp³-hybridized carbons (Fsp3) is 0.214.